The quantitative estimate of drug-likeness (QED) is 0.285. The van der Waals surface area contributed by atoms with Crippen LogP contribution in [0.3, 0.4) is 0 Å². The maximum Gasteiger partial charge on any atom is 0.200 e. The Kier molecular flexibility index (Phi) is 5.73. The molecule has 0 saturated heterocycles. The molecule has 25 heavy (non-hydrogen) atoms. The van der Waals surface area contributed by atoms with Crippen molar-refractivity contribution in [3.05, 3.63) is 64.7 Å². The van der Waals surface area contributed by atoms with Crippen LogP contribution in [-0.4, -0.2) is 9.84 Å². The zero-order valence-electron chi connectivity index (χ0n) is 13.6. The molecule has 1 nitrogen and oxygen atoms in total. The minimum atomic E-state index is -2.19. The Bertz CT molecular complexity index is 741. The molecule has 0 unspecified atom stereocenters. The Balaban J connectivity index is 2.40. The second-order valence-corrected chi connectivity index (χ2v) is 7.36. The highest BCUT2D eigenvalue weighted by molar-refractivity contribution is 7.97. The lowest BCUT2D eigenvalue weighted by Gasteiger charge is -2.34. The van der Waals surface area contributed by atoms with Gasteiger partial charge in [0.1, 0.15) is 10.7 Å². The first kappa shape index (κ1) is 19.7. The zero-order valence-corrected chi connectivity index (χ0v) is 14.5. The summed E-state index contributed by atoms with van der Waals surface area (Å²) in [5.41, 5.74) is -0.0630. The van der Waals surface area contributed by atoms with E-state index >= 15 is 0 Å². The number of nitrogens with zero attached hydrogens (tertiary/aromatic N) is 1. The van der Waals surface area contributed by atoms with Gasteiger partial charge in [-0.25, -0.2) is 30.6 Å². The largest absolute Gasteiger partial charge is 0.237 e. The number of rotatable bonds is 4. The van der Waals surface area contributed by atoms with Crippen LogP contribution in [0.2, 0.25) is 0 Å². The molecule has 0 spiro atoms. The topological polar surface area (TPSA) is 3.24 Å². The van der Waals surface area contributed by atoms with E-state index in [1.807, 2.05) is 0 Å². The normalized spacial score (nSPS) is 12.1. The van der Waals surface area contributed by atoms with Gasteiger partial charge in [0.2, 0.25) is 5.82 Å². The molecule has 0 N–H and O–H groups in total. The molecular weight excluding hydrogens is 364 g/mol. The predicted molar refractivity (Wildman–Crippen MR) is 83.8 cm³/mol. The van der Waals surface area contributed by atoms with E-state index in [1.54, 1.807) is 20.8 Å². The van der Waals surface area contributed by atoms with Crippen molar-refractivity contribution >= 4 is 11.9 Å². The molecule has 0 saturated carbocycles. The first-order chi connectivity index (χ1) is 11.5. The van der Waals surface area contributed by atoms with E-state index in [-0.39, 0.29) is 6.54 Å². The van der Waals surface area contributed by atoms with Crippen molar-refractivity contribution in [1.82, 2.24) is 4.31 Å². The van der Waals surface area contributed by atoms with Crippen molar-refractivity contribution in [2.45, 2.75) is 37.8 Å². The van der Waals surface area contributed by atoms with Gasteiger partial charge in [0.05, 0.1) is 0 Å². The lowest BCUT2D eigenvalue weighted by atomic mass is 10.1. The molecule has 0 bridgehead atoms. The summed E-state index contributed by atoms with van der Waals surface area (Å²) in [7, 11) is 0. The lowest BCUT2D eigenvalue weighted by Crippen LogP contribution is -2.35. The minimum Gasteiger partial charge on any atom is -0.237 e. The van der Waals surface area contributed by atoms with Crippen LogP contribution in [0, 0.1) is 34.9 Å². The number of halogens is 6. The van der Waals surface area contributed by atoms with Gasteiger partial charge in [-0.3, -0.25) is 0 Å². The maximum absolute atomic E-state index is 13.9. The van der Waals surface area contributed by atoms with Gasteiger partial charge in [0, 0.05) is 12.1 Å². The monoisotopic (exact) mass is 379 g/mol. The van der Waals surface area contributed by atoms with Gasteiger partial charge >= 0.3 is 0 Å². The highest BCUT2D eigenvalue weighted by Crippen LogP contribution is 2.37. The van der Waals surface area contributed by atoms with Gasteiger partial charge < -0.3 is 0 Å². The minimum absolute atomic E-state index is 0.105. The molecule has 2 aromatic rings. The second-order valence-electron chi connectivity index (χ2n) is 6.32. The van der Waals surface area contributed by atoms with Gasteiger partial charge in [0.15, 0.2) is 23.3 Å². The predicted octanol–water partition coefficient (Wildman–Crippen LogP) is 5.83. The van der Waals surface area contributed by atoms with Crippen LogP contribution in [0.15, 0.2) is 29.2 Å². The van der Waals surface area contributed by atoms with E-state index in [4.69, 9.17) is 0 Å². The summed E-state index contributed by atoms with van der Waals surface area (Å²) in [6, 6.07) is 5.40. The van der Waals surface area contributed by atoms with Crippen LogP contribution in [0.1, 0.15) is 26.3 Å². The zero-order chi connectivity index (χ0) is 18.9. The summed E-state index contributed by atoms with van der Waals surface area (Å²) in [4.78, 5) is -0.978. The molecule has 0 amide bonds. The Morgan fingerprint density at radius 1 is 0.760 bits per heavy atom. The van der Waals surface area contributed by atoms with E-state index in [2.05, 4.69) is 0 Å². The van der Waals surface area contributed by atoms with Gasteiger partial charge in [-0.15, -0.1) is 0 Å². The number of hydrogen-bond acceptors (Lipinski definition) is 2. The third kappa shape index (κ3) is 4.30. The summed E-state index contributed by atoms with van der Waals surface area (Å²) in [6.45, 7) is 5.26. The molecule has 0 aliphatic heterocycles. The fourth-order valence-corrected chi connectivity index (χ4v) is 2.98. The third-order valence-electron chi connectivity index (χ3n) is 3.36. The number of benzene rings is 2. The Morgan fingerprint density at radius 3 is 1.64 bits per heavy atom. The Hall–Kier alpha value is -1.67. The number of hydrogen-bond donors (Lipinski definition) is 0. The Labute approximate surface area is 145 Å². The second kappa shape index (κ2) is 7.29. The van der Waals surface area contributed by atoms with Crippen LogP contribution >= 0.6 is 11.9 Å². The highest BCUT2D eigenvalue weighted by Gasteiger charge is 2.31. The van der Waals surface area contributed by atoms with Crippen LogP contribution in [0.4, 0.5) is 26.3 Å². The molecule has 0 atom stereocenters. The van der Waals surface area contributed by atoms with Crippen LogP contribution in [-0.2, 0) is 6.54 Å². The molecule has 0 radical (unpaired) electrons. The molecule has 2 aromatic carbocycles. The van der Waals surface area contributed by atoms with E-state index in [9.17, 15) is 26.3 Å². The molecule has 0 aliphatic rings. The smallest absolute Gasteiger partial charge is 0.200 e. The van der Waals surface area contributed by atoms with E-state index < -0.39 is 45.3 Å². The van der Waals surface area contributed by atoms with Gasteiger partial charge in [-0.1, -0.05) is 12.1 Å². The summed E-state index contributed by atoms with van der Waals surface area (Å²) in [5, 5.41) is 0. The summed E-state index contributed by atoms with van der Waals surface area (Å²) < 4.78 is 82.2. The fraction of sp³-hybridized carbons (Fsp3) is 0.294. The van der Waals surface area contributed by atoms with E-state index in [0.717, 1.165) is 0 Å². The molecule has 0 fully saturated rings. The molecule has 8 heteroatoms. The van der Waals surface area contributed by atoms with Gasteiger partial charge in [0.25, 0.3) is 0 Å². The van der Waals surface area contributed by atoms with Crippen molar-refractivity contribution in [3.63, 3.8) is 0 Å². The average molecular weight is 379 g/mol. The Morgan fingerprint density at radius 2 is 1.20 bits per heavy atom. The van der Waals surface area contributed by atoms with Crippen molar-refractivity contribution in [2.24, 2.45) is 0 Å². The van der Waals surface area contributed by atoms with Gasteiger partial charge in [-0.05, 0) is 50.4 Å². The van der Waals surface area contributed by atoms with Crippen molar-refractivity contribution in [1.29, 1.82) is 0 Å². The van der Waals surface area contributed by atoms with Crippen molar-refractivity contribution < 1.29 is 26.3 Å². The SMILES string of the molecule is CC(C)(C)N(Cc1ccc(F)cc1)Sc1c(F)c(F)c(F)c(F)c1F. The van der Waals surface area contributed by atoms with Crippen LogP contribution < -0.4 is 0 Å². The first-order valence-electron chi connectivity index (χ1n) is 7.24. The maximum atomic E-state index is 13.9. The average Bonchev–Trinajstić information content (AvgIpc) is 2.55. The molecule has 0 aromatic heterocycles. The molecule has 2 rings (SSSR count). The standard InChI is InChI=1S/C17H15F6NS/c1-17(2,3)24(8-9-4-6-10(18)7-5-9)25-16-14(22)12(20)11(19)13(21)15(16)23/h4-7H,8H2,1-3H3. The van der Waals surface area contributed by atoms with Crippen molar-refractivity contribution in [3.8, 4) is 0 Å². The van der Waals surface area contributed by atoms with Crippen LogP contribution in [0.5, 0.6) is 0 Å². The van der Waals surface area contributed by atoms with Crippen molar-refractivity contribution in [2.75, 3.05) is 0 Å². The first-order valence-corrected chi connectivity index (χ1v) is 8.01. The summed E-state index contributed by atoms with van der Waals surface area (Å²) in [6.07, 6.45) is 0. The van der Waals surface area contributed by atoms with Crippen LogP contribution in [0.25, 0.3) is 0 Å². The molecular formula is C17H15F6NS. The molecule has 0 heterocycles. The fourth-order valence-electron chi connectivity index (χ4n) is 1.94. The highest BCUT2D eigenvalue weighted by atomic mass is 32.2. The van der Waals surface area contributed by atoms with E-state index in [1.165, 1.54) is 28.6 Å². The third-order valence-corrected chi connectivity index (χ3v) is 4.80. The molecule has 0 aliphatic carbocycles. The van der Waals surface area contributed by atoms with E-state index in [0.29, 0.717) is 17.5 Å². The molecule has 136 valence electrons. The van der Waals surface area contributed by atoms with Gasteiger partial charge in [-0.2, -0.15) is 0 Å². The summed E-state index contributed by atoms with van der Waals surface area (Å²) in [5.74, 6) is -10.4. The summed E-state index contributed by atoms with van der Waals surface area (Å²) >= 11 is 0.428. The lowest BCUT2D eigenvalue weighted by molar-refractivity contribution is 0.265.